The number of likely N-dealkylation sites (tertiary alicyclic amines) is 1. The van der Waals surface area contributed by atoms with E-state index in [2.05, 4.69) is 36.1 Å². The van der Waals surface area contributed by atoms with E-state index in [1.807, 2.05) is 13.1 Å². The zero-order valence-corrected chi connectivity index (χ0v) is 14.8. The third-order valence-electron chi connectivity index (χ3n) is 4.47. The molecule has 0 radical (unpaired) electrons. The molecule has 2 heterocycles. The van der Waals surface area contributed by atoms with E-state index in [0.29, 0.717) is 12.6 Å². The van der Waals surface area contributed by atoms with Gasteiger partial charge in [0.1, 0.15) is 5.82 Å². The summed E-state index contributed by atoms with van der Waals surface area (Å²) in [7, 11) is 1.85. The van der Waals surface area contributed by atoms with Crippen LogP contribution in [-0.2, 0) is 17.3 Å². The van der Waals surface area contributed by atoms with E-state index >= 15 is 0 Å². The van der Waals surface area contributed by atoms with Crippen molar-refractivity contribution in [2.45, 2.75) is 57.9 Å². The highest BCUT2D eigenvalue weighted by Crippen LogP contribution is 2.24. The van der Waals surface area contributed by atoms with Gasteiger partial charge in [-0.15, -0.1) is 0 Å². The van der Waals surface area contributed by atoms with Gasteiger partial charge in [-0.25, -0.2) is 0 Å². The Morgan fingerprint density at radius 3 is 2.78 bits per heavy atom. The van der Waals surface area contributed by atoms with Crippen molar-refractivity contribution in [1.29, 1.82) is 0 Å². The maximum atomic E-state index is 12.4. The van der Waals surface area contributed by atoms with Crippen LogP contribution in [-0.4, -0.2) is 51.4 Å². The molecule has 6 heteroatoms. The Kier molecular flexibility index (Phi) is 5.81. The van der Waals surface area contributed by atoms with Crippen LogP contribution in [0.2, 0.25) is 0 Å². The number of aryl methyl sites for hydroxylation is 1. The molecule has 0 bridgehead atoms. The predicted octanol–water partition coefficient (Wildman–Crippen LogP) is 1.89. The molecule has 2 rings (SSSR count). The van der Waals surface area contributed by atoms with Crippen molar-refractivity contribution in [2.75, 3.05) is 25.0 Å². The maximum absolute atomic E-state index is 12.4. The first-order chi connectivity index (χ1) is 10.8. The van der Waals surface area contributed by atoms with Gasteiger partial charge in [0.25, 0.3) is 0 Å². The molecule has 1 unspecified atom stereocenters. The summed E-state index contributed by atoms with van der Waals surface area (Å²) in [5.41, 5.74) is 0.922. The van der Waals surface area contributed by atoms with Crippen LogP contribution in [0.25, 0.3) is 0 Å². The molecule has 1 atom stereocenters. The topological polar surface area (TPSA) is 70.4 Å². The molecular weight excluding hydrogens is 292 g/mol. The molecule has 0 saturated carbocycles. The van der Waals surface area contributed by atoms with Gasteiger partial charge in [0.2, 0.25) is 5.91 Å². The lowest BCUT2D eigenvalue weighted by Crippen LogP contribution is -2.44. The van der Waals surface area contributed by atoms with E-state index in [9.17, 15) is 9.90 Å². The van der Waals surface area contributed by atoms with E-state index in [1.54, 1.807) is 4.68 Å². The van der Waals surface area contributed by atoms with Crippen molar-refractivity contribution in [2.24, 2.45) is 7.05 Å². The second-order valence-electron chi connectivity index (χ2n) is 7.47. The Morgan fingerprint density at radius 2 is 2.17 bits per heavy atom. The van der Waals surface area contributed by atoms with Gasteiger partial charge in [-0.3, -0.25) is 14.4 Å². The summed E-state index contributed by atoms with van der Waals surface area (Å²) in [6.45, 7) is 7.80. The number of rotatable bonds is 5. The number of hydrogen-bond acceptors (Lipinski definition) is 4. The minimum atomic E-state index is -0.0418. The van der Waals surface area contributed by atoms with Gasteiger partial charge in [0.05, 0.1) is 12.2 Å². The van der Waals surface area contributed by atoms with Gasteiger partial charge in [0.15, 0.2) is 0 Å². The highest BCUT2D eigenvalue weighted by Gasteiger charge is 2.25. The molecule has 1 saturated heterocycles. The molecule has 0 aliphatic carbocycles. The smallest absolute Gasteiger partial charge is 0.239 e. The summed E-state index contributed by atoms with van der Waals surface area (Å²) in [5, 5.41) is 16.6. The Balaban J connectivity index is 1.97. The summed E-state index contributed by atoms with van der Waals surface area (Å²) < 4.78 is 1.72. The van der Waals surface area contributed by atoms with E-state index in [-0.39, 0.29) is 17.9 Å². The molecule has 0 spiro atoms. The van der Waals surface area contributed by atoms with Crippen LogP contribution in [0.15, 0.2) is 6.07 Å². The predicted molar refractivity (Wildman–Crippen MR) is 91.5 cm³/mol. The molecular formula is C17H30N4O2. The second-order valence-corrected chi connectivity index (χ2v) is 7.47. The fourth-order valence-electron chi connectivity index (χ4n) is 3.06. The zero-order valence-electron chi connectivity index (χ0n) is 14.8. The number of piperidine rings is 1. The number of aromatic nitrogens is 2. The minimum absolute atomic E-state index is 0.0155. The molecule has 1 aliphatic rings. The lowest BCUT2D eigenvalue weighted by Gasteiger charge is -2.34. The summed E-state index contributed by atoms with van der Waals surface area (Å²) in [5.74, 6) is 0.717. The quantitative estimate of drug-likeness (QED) is 0.868. The van der Waals surface area contributed by atoms with Crippen LogP contribution in [0.5, 0.6) is 0 Å². The molecule has 1 fully saturated rings. The van der Waals surface area contributed by atoms with Crippen molar-refractivity contribution >= 4 is 11.7 Å². The number of nitrogens with one attached hydrogen (secondary N) is 1. The van der Waals surface area contributed by atoms with E-state index < -0.39 is 0 Å². The zero-order chi connectivity index (χ0) is 17.0. The van der Waals surface area contributed by atoms with Crippen LogP contribution >= 0.6 is 0 Å². The van der Waals surface area contributed by atoms with Crippen LogP contribution in [0.4, 0.5) is 5.82 Å². The average Bonchev–Trinajstić information content (AvgIpc) is 2.82. The molecule has 23 heavy (non-hydrogen) atoms. The van der Waals surface area contributed by atoms with Crippen LogP contribution in [0.3, 0.4) is 0 Å². The molecule has 0 aromatic carbocycles. The molecule has 1 aromatic heterocycles. The van der Waals surface area contributed by atoms with Gasteiger partial charge < -0.3 is 10.4 Å². The first kappa shape index (κ1) is 17.9. The SMILES string of the molecule is Cn1nc(C(C)(C)C)cc1NC(=O)CN1CCCCC1CCO. The largest absolute Gasteiger partial charge is 0.396 e. The Morgan fingerprint density at radius 1 is 1.43 bits per heavy atom. The minimum Gasteiger partial charge on any atom is -0.396 e. The number of aliphatic hydroxyl groups excluding tert-OH is 1. The lowest BCUT2D eigenvalue weighted by molar-refractivity contribution is -0.118. The molecule has 130 valence electrons. The molecule has 2 N–H and O–H groups in total. The maximum Gasteiger partial charge on any atom is 0.239 e. The highest BCUT2D eigenvalue weighted by molar-refractivity contribution is 5.91. The summed E-state index contributed by atoms with van der Waals surface area (Å²) in [6, 6.07) is 2.26. The third-order valence-corrected chi connectivity index (χ3v) is 4.47. The monoisotopic (exact) mass is 322 g/mol. The first-order valence-corrected chi connectivity index (χ1v) is 8.50. The van der Waals surface area contributed by atoms with Gasteiger partial charge in [-0.2, -0.15) is 5.10 Å². The number of amides is 1. The molecule has 6 nitrogen and oxygen atoms in total. The third kappa shape index (κ3) is 4.78. The van der Waals surface area contributed by atoms with E-state index in [0.717, 1.165) is 37.3 Å². The van der Waals surface area contributed by atoms with Crippen molar-refractivity contribution in [3.8, 4) is 0 Å². The Hall–Kier alpha value is -1.40. The van der Waals surface area contributed by atoms with Gasteiger partial charge >= 0.3 is 0 Å². The number of carbonyl (C=O) groups is 1. The lowest BCUT2D eigenvalue weighted by atomic mass is 9.92. The second kappa shape index (κ2) is 7.45. The fraction of sp³-hybridized carbons (Fsp3) is 0.765. The highest BCUT2D eigenvalue weighted by atomic mass is 16.3. The fourth-order valence-corrected chi connectivity index (χ4v) is 3.06. The Bertz CT molecular complexity index is 531. The van der Waals surface area contributed by atoms with Gasteiger partial charge in [-0.05, 0) is 25.8 Å². The van der Waals surface area contributed by atoms with Crippen LogP contribution in [0.1, 0.15) is 52.1 Å². The normalized spacial score (nSPS) is 19.8. The summed E-state index contributed by atoms with van der Waals surface area (Å²) in [6.07, 6.45) is 4.11. The number of nitrogens with zero attached hydrogens (tertiary/aromatic N) is 3. The Labute approximate surface area is 138 Å². The number of hydrogen-bond donors (Lipinski definition) is 2. The molecule has 1 aliphatic heterocycles. The van der Waals surface area contributed by atoms with Gasteiger partial charge in [-0.1, -0.05) is 27.2 Å². The summed E-state index contributed by atoms with van der Waals surface area (Å²) in [4.78, 5) is 14.6. The van der Waals surface area contributed by atoms with Crippen LogP contribution in [0, 0.1) is 0 Å². The van der Waals surface area contributed by atoms with E-state index in [4.69, 9.17) is 0 Å². The van der Waals surface area contributed by atoms with E-state index in [1.165, 1.54) is 6.42 Å². The molecule has 1 aromatic rings. The van der Waals surface area contributed by atoms with Crippen molar-refractivity contribution in [3.05, 3.63) is 11.8 Å². The number of anilines is 1. The average molecular weight is 322 g/mol. The summed E-state index contributed by atoms with van der Waals surface area (Å²) >= 11 is 0. The van der Waals surface area contributed by atoms with Crippen molar-refractivity contribution in [1.82, 2.24) is 14.7 Å². The van der Waals surface area contributed by atoms with Crippen LogP contribution < -0.4 is 5.32 Å². The number of carbonyl (C=O) groups excluding carboxylic acids is 1. The van der Waals surface area contributed by atoms with Gasteiger partial charge in [0, 0.05) is 31.2 Å². The van der Waals surface area contributed by atoms with Crippen molar-refractivity contribution in [3.63, 3.8) is 0 Å². The standard InChI is InChI=1S/C17H30N4O2/c1-17(2,3)14-11-15(20(4)19-14)18-16(23)12-21-9-6-5-7-13(21)8-10-22/h11,13,22H,5-10,12H2,1-4H3,(H,18,23). The number of aliphatic hydroxyl groups is 1. The first-order valence-electron chi connectivity index (χ1n) is 8.50. The molecule has 1 amide bonds. The van der Waals surface area contributed by atoms with Crippen molar-refractivity contribution < 1.29 is 9.90 Å².